The van der Waals surface area contributed by atoms with Crippen molar-refractivity contribution in [3.05, 3.63) is 0 Å². The Labute approximate surface area is 73.0 Å². The molecule has 0 radical (unpaired) electrons. The number of ketones is 1. The quantitative estimate of drug-likeness (QED) is 0.574. The van der Waals surface area contributed by atoms with Crippen LogP contribution >= 0.6 is 0 Å². The molecule has 0 saturated carbocycles. The van der Waals surface area contributed by atoms with E-state index in [1.165, 1.54) is 0 Å². The molecule has 1 heterocycles. The van der Waals surface area contributed by atoms with Crippen LogP contribution in [-0.2, 0) is 4.79 Å². The molecule has 0 spiro atoms. The maximum Gasteiger partial charge on any atom is 0.146 e. The number of carbonyl (C=O) groups excluding carboxylic acids is 1. The minimum atomic E-state index is 0.0124. The van der Waals surface area contributed by atoms with E-state index in [9.17, 15) is 4.79 Å². The zero-order valence-electron chi connectivity index (χ0n) is 7.42. The highest BCUT2D eigenvalue weighted by Gasteiger charge is 2.25. The fourth-order valence-corrected chi connectivity index (χ4v) is 1.73. The Kier molecular flexibility index (Phi) is 3.24. The summed E-state index contributed by atoms with van der Waals surface area (Å²) in [6, 6.07) is 2.11. The van der Waals surface area contributed by atoms with Gasteiger partial charge in [0.25, 0.3) is 0 Å². The highest BCUT2D eigenvalue weighted by atomic mass is 16.1. The summed E-state index contributed by atoms with van der Waals surface area (Å²) in [6.45, 7) is 2.91. The summed E-state index contributed by atoms with van der Waals surface area (Å²) in [5.74, 6) is 0.199. The Hall–Kier alpha value is -0.880. The Morgan fingerprint density at radius 2 is 2.42 bits per heavy atom. The number of Topliss-reactive ketones (excluding diaryl/α,β-unsaturated/α-hetero) is 1. The Morgan fingerprint density at radius 3 is 3.00 bits per heavy atom. The van der Waals surface area contributed by atoms with E-state index in [2.05, 4.69) is 6.07 Å². The normalized spacial score (nSPS) is 24.8. The fourth-order valence-electron chi connectivity index (χ4n) is 1.73. The number of rotatable bonds is 2. The number of nitrogens with zero attached hydrogens (tertiary/aromatic N) is 2. The topological polar surface area (TPSA) is 44.1 Å². The first-order valence-electron chi connectivity index (χ1n) is 4.37. The first-order valence-corrected chi connectivity index (χ1v) is 4.37. The van der Waals surface area contributed by atoms with E-state index < -0.39 is 0 Å². The zero-order chi connectivity index (χ0) is 8.97. The lowest BCUT2D eigenvalue weighted by atomic mass is 9.99. The number of hydrogen-bond acceptors (Lipinski definition) is 3. The van der Waals surface area contributed by atoms with Gasteiger partial charge in [0.2, 0.25) is 0 Å². The molecule has 0 aromatic carbocycles. The molecule has 3 heteroatoms. The predicted molar refractivity (Wildman–Crippen MR) is 45.5 cm³/mol. The van der Waals surface area contributed by atoms with E-state index in [1.54, 1.807) is 6.92 Å². The smallest absolute Gasteiger partial charge is 0.146 e. The monoisotopic (exact) mass is 166 g/mol. The summed E-state index contributed by atoms with van der Waals surface area (Å²) in [5, 5.41) is 8.52. The molecule has 0 N–H and O–H groups in total. The van der Waals surface area contributed by atoms with Gasteiger partial charge in [-0.25, -0.2) is 0 Å². The summed E-state index contributed by atoms with van der Waals surface area (Å²) < 4.78 is 0. The van der Waals surface area contributed by atoms with Gasteiger partial charge in [-0.3, -0.25) is 9.69 Å². The largest absolute Gasteiger partial charge is 0.298 e. The number of piperidine rings is 1. The first-order chi connectivity index (χ1) is 5.75. The van der Waals surface area contributed by atoms with Crippen molar-refractivity contribution >= 4 is 5.78 Å². The van der Waals surface area contributed by atoms with Crippen LogP contribution < -0.4 is 0 Å². The first kappa shape index (κ1) is 9.21. The fraction of sp³-hybridized carbons (Fsp3) is 0.778. The second kappa shape index (κ2) is 4.22. The standard InChI is InChI=1S/C9H14N2O/c1-8(12)9-4-2-3-6-11(9)7-5-10/h9H,2-4,6-7H2,1H3. The maximum absolute atomic E-state index is 11.1. The van der Waals surface area contributed by atoms with Crippen molar-refractivity contribution in [2.24, 2.45) is 0 Å². The van der Waals surface area contributed by atoms with Gasteiger partial charge in [0.1, 0.15) is 5.78 Å². The van der Waals surface area contributed by atoms with Crippen LogP contribution in [0.3, 0.4) is 0 Å². The van der Waals surface area contributed by atoms with Crippen molar-refractivity contribution in [2.45, 2.75) is 32.2 Å². The summed E-state index contributed by atoms with van der Waals surface area (Å²) in [4.78, 5) is 13.1. The van der Waals surface area contributed by atoms with Crippen molar-refractivity contribution in [2.75, 3.05) is 13.1 Å². The second-order valence-corrected chi connectivity index (χ2v) is 3.25. The summed E-state index contributed by atoms with van der Waals surface area (Å²) in [5.41, 5.74) is 0. The van der Waals surface area contributed by atoms with Crippen LogP contribution in [0, 0.1) is 11.3 Å². The molecule has 0 amide bonds. The third kappa shape index (κ3) is 2.05. The van der Waals surface area contributed by atoms with Crippen LogP contribution in [0.5, 0.6) is 0 Å². The molecule has 0 aliphatic carbocycles. The van der Waals surface area contributed by atoms with Crippen LogP contribution in [0.4, 0.5) is 0 Å². The van der Waals surface area contributed by atoms with Crippen LogP contribution in [0.25, 0.3) is 0 Å². The van der Waals surface area contributed by atoms with Crippen LogP contribution in [0.1, 0.15) is 26.2 Å². The van der Waals surface area contributed by atoms with Gasteiger partial charge in [0.05, 0.1) is 18.7 Å². The number of likely N-dealkylation sites (tertiary alicyclic amines) is 1. The van der Waals surface area contributed by atoms with Gasteiger partial charge in [0, 0.05) is 0 Å². The van der Waals surface area contributed by atoms with Gasteiger partial charge in [-0.05, 0) is 26.3 Å². The van der Waals surface area contributed by atoms with Crippen LogP contribution in [0.15, 0.2) is 0 Å². The molecule has 1 fully saturated rings. The molecule has 0 aromatic rings. The van der Waals surface area contributed by atoms with E-state index >= 15 is 0 Å². The Bertz CT molecular complexity index is 207. The number of nitriles is 1. The van der Waals surface area contributed by atoms with Crippen molar-refractivity contribution < 1.29 is 4.79 Å². The van der Waals surface area contributed by atoms with Crippen molar-refractivity contribution in [1.29, 1.82) is 5.26 Å². The molecule has 1 aliphatic rings. The molecular weight excluding hydrogens is 152 g/mol. The Morgan fingerprint density at radius 1 is 1.67 bits per heavy atom. The maximum atomic E-state index is 11.1. The molecule has 1 aliphatic heterocycles. The molecular formula is C9H14N2O. The van der Waals surface area contributed by atoms with Gasteiger partial charge in [-0.2, -0.15) is 5.26 Å². The summed E-state index contributed by atoms with van der Waals surface area (Å²) in [6.07, 6.45) is 3.16. The van der Waals surface area contributed by atoms with E-state index in [1.807, 2.05) is 4.90 Å². The third-order valence-corrected chi connectivity index (χ3v) is 2.36. The van der Waals surface area contributed by atoms with E-state index in [4.69, 9.17) is 5.26 Å². The van der Waals surface area contributed by atoms with Gasteiger partial charge >= 0.3 is 0 Å². The van der Waals surface area contributed by atoms with Gasteiger partial charge in [0.15, 0.2) is 0 Å². The summed E-state index contributed by atoms with van der Waals surface area (Å²) >= 11 is 0. The molecule has 66 valence electrons. The predicted octanol–water partition coefficient (Wildman–Crippen LogP) is 0.953. The number of carbonyl (C=O) groups is 1. The van der Waals surface area contributed by atoms with Crippen molar-refractivity contribution in [3.8, 4) is 6.07 Å². The lowest BCUT2D eigenvalue weighted by Gasteiger charge is -2.31. The molecule has 1 rings (SSSR count). The molecule has 0 aromatic heterocycles. The van der Waals surface area contributed by atoms with E-state index in [0.717, 1.165) is 25.8 Å². The highest BCUT2D eigenvalue weighted by molar-refractivity contribution is 5.81. The molecule has 1 atom stereocenters. The zero-order valence-corrected chi connectivity index (χ0v) is 7.42. The minimum absolute atomic E-state index is 0.0124. The van der Waals surface area contributed by atoms with Crippen molar-refractivity contribution in [1.82, 2.24) is 4.90 Å². The average molecular weight is 166 g/mol. The van der Waals surface area contributed by atoms with Gasteiger partial charge < -0.3 is 0 Å². The van der Waals surface area contributed by atoms with Crippen LogP contribution in [-0.4, -0.2) is 29.8 Å². The highest BCUT2D eigenvalue weighted by Crippen LogP contribution is 2.16. The lowest BCUT2D eigenvalue weighted by molar-refractivity contribution is -0.123. The van der Waals surface area contributed by atoms with Crippen LogP contribution in [0.2, 0.25) is 0 Å². The van der Waals surface area contributed by atoms with Gasteiger partial charge in [-0.1, -0.05) is 6.42 Å². The van der Waals surface area contributed by atoms with Gasteiger partial charge in [-0.15, -0.1) is 0 Å². The van der Waals surface area contributed by atoms with Crippen molar-refractivity contribution in [3.63, 3.8) is 0 Å². The number of hydrogen-bond donors (Lipinski definition) is 0. The second-order valence-electron chi connectivity index (χ2n) is 3.25. The third-order valence-electron chi connectivity index (χ3n) is 2.36. The van der Waals surface area contributed by atoms with E-state index in [-0.39, 0.29) is 11.8 Å². The SMILES string of the molecule is CC(=O)C1CCCCN1CC#N. The average Bonchev–Trinajstić information content (AvgIpc) is 2.05. The molecule has 1 unspecified atom stereocenters. The minimum Gasteiger partial charge on any atom is -0.298 e. The molecule has 3 nitrogen and oxygen atoms in total. The molecule has 12 heavy (non-hydrogen) atoms. The molecule has 0 bridgehead atoms. The lowest BCUT2D eigenvalue weighted by Crippen LogP contribution is -2.43. The van der Waals surface area contributed by atoms with E-state index in [0.29, 0.717) is 6.54 Å². The Balaban J connectivity index is 2.55. The molecule has 1 saturated heterocycles. The summed E-state index contributed by atoms with van der Waals surface area (Å²) in [7, 11) is 0.